The monoisotopic (exact) mass is 536 g/mol. The number of benzene rings is 1. The Labute approximate surface area is 224 Å². The average Bonchev–Trinajstić information content (AvgIpc) is 3.56. The Morgan fingerprint density at radius 1 is 1.27 bits per heavy atom. The molecule has 6 nitrogen and oxygen atoms in total. The van der Waals surface area contributed by atoms with Gasteiger partial charge >= 0.3 is 0 Å². The van der Waals surface area contributed by atoms with E-state index in [0.717, 1.165) is 51.6 Å². The van der Waals surface area contributed by atoms with Crippen LogP contribution in [-0.2, 0) is 11.2 Å². The number of Topliss-reactive ketones (excluding diaryl/α,β-unsaturated/α-hetero) is 1. The number of fused-ring (bicyclic) bond motifs is 7. The molecule has 3 aromatic rings. The summed E-state index contributed by atoms with van der Waals surface area (Å²) in [6.07, 6.45) is 7.88. The first-order valence-corrected chi connectivity index (χ1v) is 15.1. The number of aliphatic hydroxyl groups is 2. The summed E-state index contributed by atoms with van der Waals surface area (Å²) >= 11 is 3.01. The van der Waals surface area contributed by atoms with E-state index in [1.165, 1.54) is 17.3 Å². The zero-order valence-corrected chi connectivity index (χ0v) is 22.8. The molecule has 7 atom stereocenters. The minimum Gasteiger partial charge on any atom is -0.393 e. The number of allylic oxidation sites excluding steroid dienone is 1. The van der Waals surface area contributed by atoms with Gasteiger partial charge in [-0.2, -0.15) is 0 Å². The summed E-state index contributed by atoms with van der Waals surface area (Å²) < 4.78 is 7.41. The molecule has 0 amide bonds. The number of carbonyl (C=O) groups excluding carboxylic acids is 1. The number of nitrogens with zero attached hydrogens (tertiary/aromatic N) is 2. The standard InChI is InChI=1S/C29H32N2O4S2/c1-27-12-16-14-30-35-22(16)11-17(27)7-8-18-19-9-10-29(34,28(19,2)13-21(32)25(18)27)24(33)15-36-26-31-20-5-3-4-6-23(20)37-26/h3-6,11,14,18-19,21,25,32,34H,7-10,12-13,15H2,1-2H3/t18?,19?,21?,25?,27?,28?,29-/m0/s1. The van der Waals surface area contributed by atoms with Gasteiger partial charge in [-0.3, -0.25) is 4.79 Å². The number of thiazole rings is 1. The summed E-state index contributed by atoms with van der Waals surface area (Å²) in [5, 5.41) is 27.7. The molecule has 2 N–H and O–H groups in total. The van der Waals surface area contributed by atoms with Crippen LogP contribution in [0, 0.1) is 28.6 Å². The van der Waals surface area contributed by atoms with Gasteiger partial charge in [0.2, 0.25) is 0 Å². The van der Waals surface area contributed by atoms with Crippen LogP contribution < -0.4 is 0 Å². The largest absolute Gasteiger partial charge is 0.393 e. The number of ketones is 1. The van der Waals surface area contributed by atoms with Gasteiger partial charge in [0.05, 0.1) is 28.3 Å². The molecule has 1 aromatic carbocycles. The molecule has 0 radical (unpaired) electrons. The van der Waals surface area contributed by atoms with Gasteiger partial charge < -0.3 is 14.7 Å². The minimum atomic E-state index is -1.42. The van der Waals surface area contributed by atoms with Crippen molar-refractivity contribution < 1.29 is 19.5 Å². The van der Waals surface area contributed by atoms with Crippen LogP contribution >= 0.6 is 23.1 Å². The SMILES string of the molecule is CC12Cc3cnoc3C=C1CCC1C2C(O)CC2(C)C1CC[C@]2(O)C(=O)CSc1nc2ccccc2s1. The second-order valence-electron chi connectivity index (χ2n) is 12.1. The smallest absolute Gasteiger partial charge is 0.175 e. The molecule has 0 saturated heterocycles. The van der Waals surface area contributed by atoms with Crippen molar-refractivity contribution in [2.75, 3.05) is 5.75 Å². The molecule has 3 fully saturated rings. The van der Waals surface area contributed by atoms with Crippen molar-refractivity contribution >= 4 is 45.2 Å². The second kappa shape index (κ2) is 8.25. The van der Waals surface area contributed by atoms with Gasteiger partial charge in [-0.25, -0.2) is 4.98 Å². The highest BCUT2D eigenvalue weighted by atomic mass is 32.2. The summed E-state index contributed by atoms with van der Waals surface area (Å²) in [7, 11) is 0. The maximum Gasteiger partial charge on any atom is 0.175 e. The number of hydrogen-bond acceptors (Lipinski definition) is 8. The summed E-state index contributed by atoms with van der Waals surface area (Å²) in [5.41, 5.74) is 1.19. The zero-order chi connectivity index (χ0) is 25.6. The molecule has 194 valence electrons. The molecule has 2 heterocycles. The highest BCUT2D eigenvalue weighted by Crippen LogP contribution is 2.67. The fourth-order valence-corrected chi connectivity index (χ4v) is 10.7. The van der Waals surface area contributed by atoms with Gasteiger partial charge in [0.1, 0.15) is 5.60 Å². The first kappa shape index (κ1) is 24.1. The lowest BCUT2D eigenvalue weighted by Crippen LogP contribution is -2.62. The van der Waals surface area contributed by atoms with Crippen molar-refractivity contribution in [2.24, 2.45) is 28.6 Å². The lowest BCUT2D eigenvalue weighted by molar-refractivity contribution is -0.177. The van der Waals surface area contributed by atoms with Crippen molar-refractivity contribution in [1.82, 2.24) is 10.1 Å². The summed E-state index contributed by atoms with van der Waals surface area (Å²) in [6.45, 7) is 4.36. The van der Waals surface area contributed by atoms with E-state index < -0.39 is 17.1 Å². The average molecular weight is 537 g/mol. The van der Waals surface area contributed by atoms with Crippen LogP contribution in [0.25, 0.3) is 16.3 Å². The van der Waals surface area contributed by atoms with Crippen LogP contribution in [0.4, 0.5) is 0 Å². The normalized spacial score (nSPS) is 38.4. The Hall–Kier alpha value is -2.00. The van der Waals surface area contributed by atoms with Gasteiger partial charge in [0, 0.05) is 11.0 Å². The molecule has 3 saturated carbocycles. The second-order valence-corrected chi connectivity index (χ2v) is 14.3. The molecule has 8 heteroatoms. The van der Waals surface area contributed by atoms with Crippen LogP contribution in [0.2, 0.25) is 0 Å². The van der Waals surface area contributed by atoms with E-state index in [1.54, 1.807) is 11.3 Å². The van der Waals surface area contributed by atoms with E-state index in [1.807, 2.05) is 30.5 Å². The van der Waals surface area contributed by atoms with E-state index in [4.69, 9.17) is 4.52 Å². The number of para-hydroxylation sites is 1. The molecule has 37 heavy (non-hydrogen) atoms. The Morgan fingerprint density at radius 2 is 2.11 bits per heavy atom. The molecule has 0 spiro atoms. The number of aliphatic hydroxyl groups excluding tert-OH is 1. The molecular weight excluding hydrogens is 504 g/mol. The van der Waals surface area contributed by atoms with Crippen molar-refractivity contribution in [3.63, 3.8) is 0 Å². The predicted octanol–water partition coefficient (Wildman–Crippen LogP) is 5.53. The first-order chi connectivity index (χ1) is 17.7. The molecule has 6 unspecified atom stereocenters. The van der Waals surface area contributed by atoms with E-state index in [9.17, 15) is 15.0 Å². The summed E-state index contributed by atoms with van der Waals surface area (Å²) in [6, 6.07) is 7.98. The number of aromatic nitrogens is 2. The van der Waals surface area contributed by atoms with Crippen LogP contribution in [0.3, 0.4) is 0 Å². The first-order valence-electron chi connectivity index (χ1n) is 13.3. The number of rotatable bonds is 4. The number of carbonyl (C=O) groups is 1. The molecule has 2 aromatic heterocycles. The van der Waals surface area contributed by atoms with Gasteiger partial charge in [-0.05, 0) is 79.9 Å². The van der Waals surface area contributed by atoms with Gasteiger partial charge in [-0.15, -0.1) is 11.3 Å². The fourth-order valence-electron chi connectivity index (χ4n) is 8.64. The fraction of sp³-hybridized carbons (Fsp3) is 0.552. The van der Waals surface area contributed by atoms with Gasteiger partial charge in [-0.1, -0.05) is 48.5 Å². The van der Waals surface area contributed by atoms with Crippen LogP contribution in [0.15, 0.2) is 44.9 Å². The van der Waals surface area contributed by atoms with E-state index in [0.29, 0.717) is 12.8 Å². The molecule has 0 bridgehead atoms. The molecule has 7 rings (SSSR count). The maximum atomic E-state index is 13.7. The Balaban J connectivity index is 1.14. The molecular formula is C29H32N2O4S2. The molecule has 4 aliphatic rings. The van der Waals surface area contributed by atoms with Crippen molar-refractivity contribution in [2.45, 2.75) is 68.4 Å². The summed E-state index contributed by atoms with van der Waals surface area (Å²) in [5.74, 6) is 1.52. The zero-order valence-electron chi connectivity index (χ0n) is 21.1. The molecule has 4 aliphatic carbocycles. The molecule has 0 aliphatic heterocycles. The lowest BCUT2D eigenvalue weighted by Gasteiger charge is -2.60. The Morgan fingerprint density at radius 3 is 2.95 bits per heavy atom. The van der Waals surface area contributed by atoms with Crippen LogP contribution in [-0.4, -0.2) is 43.6 Å². The third-order valence-electron chi connectivity index (χ3n) is 10.4. The van der Waals surface area contributed by atoms with Crippen LogP contribution in [0.5, 0.6) is 0 Å². The maximum absolute atomic E-state index is 13.7. The number of hydrogen-bond donors (Lipinski definition) is 2. The van der Waals surface area contributed by atoms with Crippen molar-refractivity contribution in [3.05, 3.63) is 47.4 Å². The topological polar surface area (TPSA) is 96.5 Å². The van der Waals surface area contributed by atoms with Gasteiger partial charge in [0.25, 0.3) is 0 Å². The van der Waals surface area contributed by atoms with Crippen LogP contribution in [0.1, 0.15) is 57.3 Å². The van der Waals surface area contributed by atoms with Gasteiger partial charge in [0.15, 0.2) is 15.9 Å². The van der Waals surface area contributed by atoms with E-state index in [2.05, 4.69) is 30.1 Å². The van der Waals surface area contributed by atoms with E-state index >= 15 is 0 Å². The predicted molar refractivity (Wildman–Crippen MR) is 144 cm³/mol. The highest BCUT2D eigenvalue weighted by Gasteiger charge is 2.68. The van der Waals surface area contributed by atoms with E-state index in [-0.39, 0.29) is 34.7 Å². The highest BCUT2D eigenvalue weighted by molar-refractivity contribution is 8.01. The summed E-state index contributed by atoms with van der Waals surface area (Å²) in [4.78, 5) is 18.3. The third-order valence-corrected chi connectivity index (χ3v) is 12.6. The van der Waals surface area contributed by atoms with Crippen molar-refractivity contribution in [1.29, 1.82) is 0 Å². The quantitative estimate of drug-likeness (QED) is 0.423. The number of thioether (sulfide) groups is 1. The Kier molecular flexibility index (Phi) is 5.37. The Bertz CT molecular complexity index is 1400. The third kappa shape index (κ3) is 3.35. The minimum absolute atomic E-state index is 0.100. The lowest BCUT2D eigenvalue weighted by atomic mass is 9.45. The van der Waals surface area contributed by atoms with Crippen molar-refractivity contribution in [3.8, 4) is 0 Å².